The van der Waals surface area contributed by atoms with Crippen molar-refractivity contribution in [2.24, 2.45) is 0 Å². The molecule has 2 aromatic carbocycles. The second-order valence-corrected chi connectivity index (χ2v) is 8.88. The summed E-state index contributed by atoms with van der Waals surface area (Å²) in [5.74, 6) is 1.61. The summed E-state index contributed by atoms with van der Waals surface area (Å²) < 4.78 is 0. The molecule has 9 heteroatoms. The van der Waals surface area contributed by atoms with Gasteiger partial charge in [0.25, 0.3) is 0 Å². The Morgan fingerprint density at radius 1 is 0.969 bits per heavy atom. The molecule has 2 heterocycles. The average Bonchev–Trinajstić information content (AvgIpc) is 3.17. The number of aryl methyl sites for hydroxylation is 2. The maximum Gasteiger partial charge on any atom is 0.230 e. The van der Waals surface area contributed by atoms with E-state index in [0.29, 0.717) is 29.0 Å². The van der Waals surface area contributed by atoms with Crippen LogP contribution in [0.4, 0.5) is 17.3 Å². The zero-order valence-electron chi connectivity index (χ0n) is 17.6. The van der Waals surface area contributed by atoms with Crippen LogP contribution in [0.15, 0.2) is 54.7 Å². The lowest BCUT2D eigenvalue weighted by molar-refractivity contribution is -0.115. The topological polar surface area (TPSA) is 92.7 Å². The Morgan fingerprint density at radius 2 is 1.69 bits per heavy atom. The molecule has 0 saturated heterocycles. The third kappa shape index (κ3) is 6.09. The van der Waals surface area contributed by atoms with E-state index in [-0.39, 0.29) is 12.3 Å². The molecule has 0 spiro atoms. The standard InChI is InChI=1S/C23H21ClN6OS/c1-14-3-7-17(8-4-14)28-21(31)11-19-13-25-22(32-19)12-20-26-15(2)27-23(30-20)29-18-9-5-16(24)6-10-18/h3-10,13H,11-12H2,1-2H3,(H,28,31)(H,26,27,29,30). The van der Waals surface area contributed by atoms with Crippen LogP contribution in [0, 0.1) is 13.8 Å². The molecule has 162 valence electrons. The van der Waals surface area contributed by atoms with Crippen molar-refractivity contribution in [2.45, 2.75) is 26.7 Å². The summed E-state index contributed by atoms with van der Waals surface area (Å²) in [5.41, 5.74) is 2.77. The van der Waals surface area contributed by atoms with Crippen LogP contribution in [0.5, 0.6) is 0 Å². The molecule has 1 amide bonds. The Hall–Kier alpha value is -3.36. The van der Waals surface area contributed by atoms with Gasteiger partial charge in [0.1, 0.15) is 16.7 Å². The summed E-state index contributed by atoms with van der Waals surface area (Å²) in [4.78, 5) is 30.9. The average molecular weight is 465 g/mol. The first-order valence-corrected chi connectivity index (χ1v) is 11.2. The molecule has 0 aliphatic rings. The molecule has 0 fully saturated rings. The fraction of sp³-hybridized carbons (Fsp3) is 0.174. The molecule has 32 heavy (non-hydrogen) atoms. The van der Waals surface area contributed by atoms with Crippen LogP contribution in [-0.2, 0) is 17.6 Å². The van der Waals surface area contributed by atoms with E-state index in [0.717, 1.165) is 26.8 Å². The summed E-state index contributed by atoms with van der Waals surface area (Å²) in [6.07, 6.45) is 2.46. The van der Waals surface area contributed by atoms with Gasteiger partial charge in [0.2, 0.25) is 11.9 Å². The Bertz CT molecular complexity index is 1220. The van der Waals surface area contributed by atoms with E-state index in [1.807, 2.05) is 50.2 Å². The van der Waals surface area contributed by atoms with Gasteiger partial charge in [-0.15, -0.1) is 11.3 Å². The van der Waals surface area contributed by atoms with Crippen molar-refractivity contribution in [1.29, 1.82) is 0 Å². The van der Waals surface area contributed by atoms with Gasteiger partial charge >= 0.3 is 0 Å². The second-order valence-electron chi connectivity index (χ2n) is 7.24. The summed E-state index contributed by atoms with van der Waals surface area (Å²) in [5, 5.41) is 7.58. The number of carbonyl (C=O) groups is 1. The highest BCUT2D eigenvalue weighted by Gasteiger charge is 2.11. The predicted molar refractivity (Wildman–Crippen MR) is 128 cm³/mol. The van der Waals surface area contributed by atoms with Crippen LogP contribution in [0.25, 0.3) is 0 Å². The van der Waals surface area contributed by atoms with Gasteiger partial charge in [-0.1, -0.05) is 29.3 Å². The second kappa shape index (κ2) is 9.84. The van der Waals surface area contributed by atoms with E-state index in [2.05, 4.69) is 30.6 Å². The highest BCUT2D eigenvalue weighted by atomic mass is 35.5. The third-order valence-electron chi connectivity index (χ3n) is 4.47. The van der Waals surface area contributed by atoms with Crippen LogP contribution in [0.3, 0.4) is 0 Å². The first kappa shape index (κ1) is 21.9. The fourth-order valence-electron chi connectivity index (χ4n) is 2.98. The van der Waals surface area contributed by atoms with Crippen molar-refractivity contribution in [1.82, 2.24) is 19.9 Å². The minimum absolute atomic E-state index is 0.0745. The number of benzene rings is 2. The normalized spacial score (nSPS) is 10.7. The van der Waals surface area contributed by atoms with E-state index in [1.54, 1.807) is 18.3 Å². The van der Waals surface area contributed by atoms with Crippen molar-refractivity contribution in [2.75, 3.05) is 10.6 Å². The molecule has 4 rings (SSSR count). The summed E-state index contributed by atoms with van der Waals surface area (Å²) in [7, 11) is 0. The quantitative estimate of drug-likeness (QED) is 0.394. The van der Waals surface area contributed by atoms with E-state index < -0.39 is 0 Å². The first-order chi connectivity index (χ1) is 15.4. The maximum absolute atomic E-state index is 12.3. The lowest BCUT2D eigenvalue weighted by atomic mass is 10.2. The van der Waals surface area contributed by atoms with Gasteiger partial charge in [0, 0.05) is 27.5 Å². The molecule has 4 aromatic rings. The lowest BCUT2D eigenvalue weighted by Gasteiger charge is -2.07. The number of nitrogens with one attached hydrogen (secondary N) is 2. The Labute approximate surface area is 195 Å². The van der Waals surface area contributed by atoms with Crippen LogP contribution in [-0.4, -0.2) is 25.8 Å². The molecule has 0 aliphatic heterocycles. The molecule has 2 aromatic heterocycles. The van der Waals surface area contributed by atoms with Gasteiger partial charge in [-0.2, -0.15) is 9.97 Å². The molecular weight excluding hydrogens is 444 g/mol. The number of carbonyl (C=O) groups excluding carboxylic acids is 1. The summed E-state index contributed by atoms with van der Waals surface area (Å²) in [6.45, 7) is 3.83. The Kier molecular flexibility index (Phi) is 6.72. The number of aromatic nitrogens is 4. The van der Waals surface area contributed by atoms with Crippen LogP contribution in [0.2, 0.25) is 5.02 Å². The van der Waals surface area contributed by atoms with Gasteiger partial charge in [-0.3, -0.25) is 4.79 Å². The van der Waals surface area contributed by atoms with Crippen molar-refractivity contribution < 1.29 is 4.79 Å². The minimum Gasteiger partial charge on any atom is -0.326 e. The zero-order chi connectivity index (χ0) is 22.5. The number of halogens is 1. The van der Waals surface area contributed by atoms with Gasteiger partial charge in [0.05, 0.1) is 12.8 Å². The first-order valence-electron chi connectivity index (χ1n) is 9.97. The van der Waals surface area contributed by atoms with Crippen LogP contribution >= 0.6 is 22.9 Å². The van der Waals surface area contributed by atoms with Gasteiger partial charge in [0.15, 0.2) is 0 Å². The molecule has 0 aliphatic carbocycles. The number of anilines is 3. The van der Waals surface area contributed by atoms with Crippen molar-refractivity contribution >= 4 is 46.2 Å². The molecule has 0 atom stereocenters. The Balaban J connectivity index is 1.39. The molecule has 2 N–H and O–H groups in total. The minimum atomic E-state index is -0.0745. The van der Waals surface area contributed by atoms with E-state index in [1.165, 1.54) is 11.3 Å². The third-order valence-corrected chi connectivity index (χ3v) is 5.72. The van der Waals surface area contributed by atoms with Gasteiger partial charge in [-0.25, -0.2) is 9.97 Å². The number of nitrogens with zero attached hydrogens (tertiary/aromatic N) is 4. The molecule has 0 radical (unpaired) electrons. The number of rotatable bonds is 7. The smallest absolute Gasteiger partial charge is 0.230 e. The largest absolute Gasteiger partial charge is 0.326 e. The maximum atomic E-state index is 12.3. The van der Waals surface area contributed by atoms with Crippen LogP contribution < -0.4 is 10.6 Å². The lowest BCUT2D eigenvalue weighted by Crippen LogP contribution is -2.13. The molecular formula is C23H21ClN6OS. The van der Waals surface area contributed by atoms with Gasteiger partial charge < -0.3 is 10.6 Å². The highest BCUT2D eigenvalue weighted by molar-refractivity contribution is 7.11. The zero-order valence-corrected chi connectivity index (χ0v) is 19.2. The van der Waals surface area contributed by atoms with Gasteiger partial charge in [-0.05, 0) is 50.2 Å². The highest BCUT2D eigenvalue weighted by Crippen LogP contribution is 2.20. The van der Waals surface area contributed by atoms with Crippen molar-refractivity contribution in [3.8, 4) is 0 Å². The molecule has 7 nitrogen and oxygen atoms in total. The predicted octanol–water partition coefficient (Wildman–Crippen LogP) is 5.11. The number of hydrogen-bond acceptors (Lipinski definition) is 7. The summed E-state index contributed by atoms with van der Waals surface area (Å²) >= 11 is 7.41. The monoisotopic (exact) mass is 464 g/mol. The molecule has 0 unspecified atom stereocenters. The molecule has 0 saturated carbocycles. The Morgan fingerprint density at radius 3 is 2.44 bits per heavy atom. The fourth-order valence-corrected chi connectivity index (χ4v) is 4.03. The van der Waals surface area contributed by atoms with Crippen molar-refractivity contribution in [3.05, 3.63) is 86.8 Å². The SMILES string of the molecule is Cc1ccc(NC(=O)Cc2cnc(Cc3nc(C)nc(Nc4ccc(Cl)cc4)n3)s2)cc1. The number of amides is 1. The van der Waals surface area contributed by atoms with Crippen LogP contribution in [0.1, 0.15) is 27.1 Å². The summed E-state index contributed by atoms with van der Waals surface area (Å²) in [6, 6.07) is 15.0. The van der Waals surface area contributed by atoms with E-state index in [9.17, 15) is 4.79 Å². The van der Waals surface area contributed by atoms with E-state index in [4.69, 9.17) is 11.6 Å². The van der Waals surface area contributed by atoms with E-state index >= 15 is 0 Å². The molecule has 0 bridgehead atoms. The number of hydrogen-bond donors (Lipinski definition) is 2. The van der Waals surface area contributed by atoms with Crippen molar-refractivity contribution in [3.63, 3.8) is 0 Å². The number of thiazole rings is 1.